The van der Waals surface area contributed by atoms with E-state index in [0.717, 1.165) is 0 Å². The third-order valence-electron chi connectivity index (χ3n) is 2.01. The van der Waals surface area contributed by atoms with Crippen LogP contribution in [0.4, 0.5) is 11.5 Å². The second-order valence-electron chi connectivity index (χ2n) is 3.33. The molecule has 0 aliphatic rings. The van der Waals surface area contributed by atoms with Gasteiger partial charge in [-0.2, -0.15) is 5.10 Å². The number of anilines is 2. The van der Waals surface area contributed by atoms with Gasteiger partial charge in [0.05, 0.1) is 17.4 Å². The average molecular weight is 217 g/mol. The summed E-state index contributed by atoms with van der Waals surface area (Å²) in [6, 6.07) is 3.20. The lowest BCUT2D eigenvalue weighted by molar-refractivity contribution is 0.102. The number of carbonyl (C=O) groups is 1. The van der Waals surface area contributed by atoms with Crippen LogP contribution in [0.1, 0.15) is 10.4 Å². The molecule has 0 saturated carbocycles. The van der Waals surface area contributed by atoms with Gasteiger partial charge in [0.15, 0.2) is 0 Å². The van der Waals surface area contributed by atoms with E-state index in [0.29, 0.717) is 17.1 Å². The Morgan fingerprint density at radius 3 is 2.81 bits per heavy atom. The normalized spacial score (nSPS) is 10.1. The van der Waals surface area contributed by atoms with Gasteiger partial charge < -0.3 is 11.1 Å². The van der Waals surface area contributed by atoms with Gasteiger partial charge in [0.2, 0.25) is 0 Å². The number of aryl methyl sites for hydroxylation is 1. The van der Waals surface area contributed by atoms with Crippen LogP contribution in [0.2, 0.25) is 0 Å². The SMILES string of the molecule is Cn1cc(NC(=O)c2ccc(N)nc2)cn1. The molecule has 0 aliphatic carbocycles. The number of pyridine rings is 1. The third-order valence-corrected chi connectivity index (χ3v) is 2.01. The van der Waals surface area contributed by atoms with Crippen molar-refractivity contribution in [2.45, 2.75) is 0 Å². The number of rotatable bonds is 2. The molecule has 0 unspecified atom stereocenters. The first-order chi connectivity index (χ1) is 7.65. The van der Waals surface area contributed by atoms with Crippen molar-refractivity contribution in [3.63, 3.8) is 0 Å². The first kappa shape index (κ1) is 10.2. The molecule has 0 spiro atoms. The fourth-order valence-corrected chi connectivity index (χ4v) is 1.23. The molecule has 16 heavy (non-hydrogen) atoms. The Morgan fingerprint density at radius 1 is 1.44 bits per heavy atom. The van der Waals surface area contributed by atoms with E-state index in [1.54, 1.807) is 36.3 Å². The van der Waals surface area contributed by atoms with Crippen LogP contribution in [0.5, 0.6) is 0 Å². The molecule has 0 aliphatic heterocycles. The smallest absolute Gasteiger partial charge is 0.257 e. The molecule has 82 valence electrons. The molecular weight excluding hydrogens is 206 g/mol. The lowest BCUT2D eigenvalue weighted by atomic mass is 10.2. The van der Waals surface area contributed by atoms with Crippen molar-refractivity contribution >= 4 is 17.4 Å². The Labute approximate surface area is 92.1 Å². The molecule has 1 amide bonds. The zero-order valence-corrected chi connectivity index (χ0v) is 8.71. The van der Waals surface area contributed by atoms with E-state index >= 15 is 0 Å². The molecule has 6 nitrogen and oxygen atoms in total. The molecule has 0 fully saturated rings. The second kappa shape index (κ2) is 4.01. The van der Waals surface area contributed by atoms with Gasteiger partial charge >= 0.3 is 0 Å². The first-order valence-electron chi connectivity index (χ1n) is 4.66. The van der Waals surface area contributed by atoms with Crippen molar-refractivity contribution < 1.29 is 4.79 Å². The number of carbonyl (C=O) groups excluding carboxylic acids is 1. The summed E-state index contributed by atoms with van der Waals surface area (Å²) >= 11 is 0. The minimum atomic E-state index is -0.236. The van der Waals surface area contributed by atoms with E-state index in [-0.39, 0.29) is 5.91 Å². The van der Waals surface area contributed by atoms with Crippen LogP contribution >= 0.6 is 0 Å². The fourth-order valence-electron chi connectivity index (χ4n) is 1.23. The molecule has 2 heterocycles. The number of nitrogen functional groups attached to an aromatic ring is 1. The van der Waals surface area contributed by atoms with E-state index in [1.807, 2.05) is 0 Å². The summed E-state index contributed by atoms with van der Waals surface area (Å²) in [5.41, 5.74) is 6.53. The number of hydrogen-bond donors (Lipinski definition) is 2. The molecule has 0 atom stereocenters. The van der Waals surface area contributed by atoms with Crippen LogP contribution in [-0.2, 0) is 7.05 Å². The van der Waals surface area contributed by atoms with Crippen LogP contribution in [0.25, 0.3) is 0 Å². The molecule has 3 N–H and O–H groups in total. The minimum Gasteiger partial charge on any atom is -0.384 e. The number of hydrogen-bond acceptors (Lipinski definition) is 4. The van der Waals surface area contributed by atoms with Crippen molar-refractivity contribution in [2.75, 3.05) is 11.1 Å². The highest BCUT2D eigenvalue weighted by atomic mass is 16.1. The van der Waals surface area contributed by atoms with Crippen LogP contribution in [0.3, 0.4) is 0 Å². The van der Waals surface area contributed by atoms with Gasteiger partial charge in [-0.1, -0.05) is 0 Å². The average Bonchev–Trinajstić information content (AvgIpc) is 2.65. The Bertz CT molecular complexity index is 502. The summed E-state index contributed by atoms with van der Waals surface area (Å²) in [6.45, 7) is 0. The third kappa shape index (κ3) is 2.17. The number of nitrogens with one attached hydrogen (secondary N) is 1. The highest BCUT2D eigenvalue weighted by molar-refractivity contribution is 6.03. The zero-order chi connectivity index (χ0) is 11.5. The molecule has 2 aromatic heterocycles. The molecule has 6 heteroatoms. The largest absolute Gasteiger partial charge is 0.384 e. The maximum atomic E-state index is 11.7. The predicted octanol–water partition coefficient (Wildman–Crippen LogP) is 0.650. The van der Waals surface area contributed by atoms with E-state index in [9.17, 15) is 4.79 Å². The maximum Gasteiger partial charge on any atom is 0.257 e. The molecule has 0 aromatic carbocycles. The predicted molar refractivity (Wildman–Crippen MR) is 59.8 cm³/mol. The number of nitrogens with zero attached hydrogens (tertiary/aromatic N) is 3. The van der Waals surface area contributed by atoms with E-state index in [2.05, 4.69) is 15.4 Å². The van der Waals surface area contributed by atoms with E-state index in [1.165, 1.54) is 6.20 Å². The first-order valence-corrected chi connectivity index (χ1v) is 4.66. The van der Waals surface area contributed by atoms with Gasteiger partial charge in [-0.25, -0.2) is 4.98 Å². The lowest BCUT2D eigenvalue weighted by Gasteiger charge is -2.01. The quantitative estimate of drug-likeness (QED) is 0.773. The summed E-state index contributed by atoms with van der Waals surface area (Å²) < 4.78 is 1.61. The minimum absolute atomic E-state index is 0.236. The van der Waals surface area contributed by atoms with Gasteiger partial charge in [-0.05, 0) is 12.1 Å². The van der Waals surface area contributed by atoms with Crippen LogP contribution in [0, 0.1) is 0 Å². The highest BCUT2D eigenvalue weighted by Crippen LogP contribution is 2.07. The zero-order valence-electron chi connectivity index (χ0n) is 8.71. The fraction of sp³-hybridized carbons (Fsp3) is 0.100. The van der Waals surface area contributed by atoms with Crippen LogP contribution < -0.4 is 11.1 Å². The maximum absolute atomic E-state index is 11.7. The van der Waals surface area contributed by atoms with E-state index < -0.39 is 0 Å². The lowest BCUT2D eigenvalue weighted by Crippen LogP contribution is -2.11. The van der Waals surface area contributed by atoms with Gasteiger partial charge in [0, 0.05) is 19.4 Å². The standard InChI is InChI=1S/C10H11N5O/c1-15-6-8(5-13-15)14-10(16)7-2-3-9(11)12-4-7/h2-6H,1H3,(H2,11,12)(H,14,16). The number of aromatic nitrogens is 3. The van der Waals surface area contributed by atoms with Crippen LogP contribution in [0.15, 0.2) is 30.7 Å². The summed E-state index contributed by atoms with van der Waals surface area (Å²) in [5, 5.41) is 6.64. The molecule has 2 rings (SSSR count). The highest BCUT2D eigenvalue weighted by Gasteiger charge is 2.06. The molecular formula is C10H11N5O. The van der Waals surface area contributed by atoms with Crippen molar-refractivity contribution in [2.24, 2.45) is 7.05 Å². The van der Waals surface area contributed by atoms with Gasteiger partial charge in [0.25, 0.3) is 5.91 Å². The monoisotopic (exact) mass is 217 g/mol. The Hall–Kier alpha value is -2.37. The van der Waals surface area contributed by atoms with Crippen molar-refractivity contribution in [3.05, 3.63) is 36.3 Å². The van der Waals surface area contributed by atoms with Gasteiger partial charge in [-0.3, -0.25) is 9.48 Å². The summed E-state index contributed by atoms with van der Waals surface area (Å²) in [6.07, 6.45) is 4.71. The van der Waals surface area contributed by atoms with Crippen molar-refractivity contribution in [3.8, 4) is 0 Å². The Kier molecular flexibility index (Phi) is 2.55. The molecule has 0 bridgehead atoms. The Balaban J connectivity index is 2.11. The molecule has 0 saturated heterocycles. The van der Waals surface area contributed by atoms with Gasteiger partial charge in [0.1, 0.15) is 5.82 Å². The summed E-state index contributed by atoms with van der Waals surface area (Å²) in [7, 11) is 1.78. The Morgan fingerprint density at radius 2 is 2.25 bits per heavy atom. The number of nitrogens with two attached hydrogens (primary N) is 1. The van der Waals surface area contributed by atoms with Crippen molar-refractivity contribution in [1.29, 1.82) is 0 Å². The second-order valence-corrected chi connectivity index (χ2v) is 3.33. The number of amides is 1. The van der Waals surface area contributed by atoms with E-state index in [4.69, 9.17) is 5.73 Å². The van der Waals surface area contributed by atoms with Crippen LogP contribution in [-0.4, -0.2) is 20.7 Å². The summed E-state index contributed by atoms with van der Waals surface area (Å²) in [5.74, 6) is 0.151. The van der Waals surface area contributed by atoms with Crippen molar-refractivity contribution in [1.82, 2.24) is 14.8 Å². The molecule has 0 radical (unpaired) electrons. The van der Waals surface area contributed by atoms with Gasteiger partial charge in [-0.15, -0.1) is 0 Å². The topological polar surface area (TPSA) is 85.8 Å². The molecule has 2 aromatic rings. The summed E-state index contributed by atoms with van der Waals surface area (Å²) in [4.78, 5) is 15.5.